The highest BCUT2D eigenvalue weighted by molar-refractivity contribution is 6.43. The molecule has 2 aliphatic rings. The van der Waals surface area contributed by atoms with E-state index in [-0.39, 0.29) is 0 Å². The average molecular weight is 237 g/mol. The highest BCUT2D eigenvalue weighted by Gasteiger charge is 2.42. The first-order chi connectivity index (χ1) is 8.86. The van der Waals surface area contributed by atoms with E-state index in [0.717, 1.165) is 5.82 Å². The summed E-state index contributed by atoms with van der Waals surface area (Å²) >= 11 is 0. The lowest BCUT2D eigenvalue weighted by Crippen LogP contribution is -2.42. The number of hydrogen-bond donors (Lipinski definition) is 1. The monoisotopic (exact) mass is 237 g/mol. The topological polar surface area (TPSA) is 15.8 Å². The lowest BCUT2D eigenvalue weighted by molar-refractivity contribution is 0.360. The number of rotatable bonds is 1. The van der Waals surface area contributed by atoms with Crippen molar-refractivity contribution >= 4 is 18.2 Å². The molecule has 18 heavy (non-hydrogen) atoms. The molecule has 0 radical (unpaired) electrons. The summed E-state index contributed by atoms with van der Waals surface area (Å²) in [6.07, 6.45) is 8.61. The summed E-state index contributed by atoms with van der Waals surface area (Å²) < 4.78 is 0. The minimum atomic E-state index is 0.486. The molecule has 2 fully saturated rings. The van der Waals surface area contributed by atoms with E-state index >= 15 is 0 Å². The Morgan fingerprint density at radius 2 is 1.89 bits per heavy atom. The molecule has 2 saturated heterocycles. The number of aromatic nitrogens is 1. The van der Waals surface area contributed by atoms with Gasteiger partial charge in [0.15, 0.2) is 0 Å². The largest absolute Gasteiger partial charge is 0.359 e. The Morgan fingerprint density at radius 3 is 2.67 bits per heavy atom. The Labute approximate surface area is 109 Å². The highest BCUT2D eigenvalue weighted by Crippen LogP contribution is 2.47. The van der Waals surface area contributed by atoms with Crippen molar-refractivity contribution in [2.24, 2.45) is 0 Å². The van der Waals surface area contributed by atoms with Crippen molar-refractivity contribution in [3.05, 3.63) is 36.0 Å². The first kappa shape index (κ1) is 10.7. The van der Waals surface area contributed by atoms with Crippen LogP contribution < -0.4 is 0 Å². The van der Waals surface area contributed by atoms with Crippen LogP contribution in [0.1, 0.15) is 44.2 Å². The molecule has 92 valence electrons. The molecule has 1 aromatic heterocycles. The quantitative estimate of drug-likeness (QED) is 0.722. The predicted molar refractivity (Wildman–Crippen MR) is 78.6 cm³/mol. The maximum atomic E-state index is 3.71. The van der Waals surface area contributed by atoms with Gasteiger partial charge in [-0.3, -0.25) is 0 Å². The van der Waals surface area contributed by atoms with E-state index in [4.69, 9.17) is 0 Å². The zero-order valence-electron chi connectivity index (χ0n) is 10.9. The van der Waals surface area contributed by atoms with Gasteiger partial charge in [0.1, 0.15) is 7.28 Å². The van der Waals surface area contributed by atoms with Gasteiger partial charge in [0.2, 0.25) is 0 Å². The molecule has 0 saturated carbocycles. The fourth-order valence-corrected chi connectivity index (χ4v) is 4.43. The third-order valence-corrected chi connectivity index (χ3v) is 5.32. The summed E-state index contributed by atoms with van der Waals surface area (Å²) in [4.78, 5) is 3.71. The highest BCUT2D eigenvalue weighted by atomic mass is 14.7. The van der Waals surface area contributed by atoms with Crippen LogP contribution in [0.5, 0.6) is 0 Å². The normalized spacial score (nSPS) is 31.2. The van der Waals surface area contributed by atoms with Crippen LogP contribution in [0.15, 0.2) is 30.3 Å². The number of hydrogen-bond acceptors (Lipinski definition) is 0. The second kappa shape index (κ2) is 3.91. The molecule has 1 nitrogen and oxygen atoms in total. The summed E-state index contributed by atoms with van der Waals surface area (Å²) in [5.41, 5.74) is 2.84. The predicted octanol–water partition coefficient (Wildman–Crippen LogP) is 3.96. The molecule has 0 amide bonds. The summed E-state index contributed by atoms with van der Waals surface area (Å²) in [6.45, 7) is 0. The average Bonchev–Trinajstić information content (AvgIpc) is 2.83. The van der Waals surface area contributed by atoms with Gasteiger partial charge in [-0.25, -0.2) is 0 Å². The lowest BCUT2D eigenvalue weighted by Gasteiger charge is -2.44. The summed E-state index contributed by atoms with van der Waals surface area (Å²) in [7, 11) is 1.43. The molecule has 1 N–H and O–H groups in total. The van der Waals surface area contributed by atoms with Crippen LogP contribution in [-0.2, 0) is 5.31 Å². The van der Waals surface area contributed by atoms with Gasteiger partial charge in [-0.2, -0.15) is 0 Å². The Balaban J connectivity index is 1.80. The van der Waals surface area contributed by atoms with Crippen LogP contribution in [-0.4, -0.2) is 12.3 Å². The summed E-state index contributed by atoms with van der Waals surface area (Å²) in [5.74, 6) is 0.999. The second-order valence-electron chi connectivity index (χ2n) is 6.41. The molecule has 1 aromatic carbocycles. The molecule has 0 atom stereocenters. The number of H-pyrrole nitrogens is 1. The van der Waals surface area contributed by atoms with Gasteiger partial charge in [0.25, 0.3) is 0 Å². The van der Waals surface area contributed by atoms with E-state index < -0.39 is 0 Å². The maximum Gasteiger partial charge on any atom is 0.139 e. The Bertz CT molecular complexity index is 528. The van der Waals surface area contributed by atoms with Gasteiger partial charge in [-0.05, 0) is 35.7 Å². The second-order valence-corrected chi connectivity index (χ2v) is 6.41. The van der Waals surface area contributed by atoms with Crippen molar-refractivity contribution in [2.75, 3.05) is 0 Å². The van der Waals surface area contributed by atoms with E-state index in [2.05, 4.69) is 35.3 Å². The zero-order chi connectivity index (χ0) is 12.0. The molecule has 2 aromatic rings. The van der Waals surface area contributed by atoms with E-state index in [1.165, 1.54) is 62.4 Å². The van der Waals surface area contributed by atoms with Gasteiger partial charge in [-0.1, -0.05) is 49.7 Å². The number of nitrogens with one attached hydrogen (secondary N) is 1. The van der Waals surface area contributed by atoms with Gasteiger partial charge in [0.05, 0.1) is 0 Å². The third-order valence-electron chi connectivity index (χ3n) is 5.32. The van der Waals surface area contributed by atoms with Crippen LogP contribution in [0.2, 0.25) is 5.82 Å². The minimum Gasteiger partial charge on any atom is -0.359 e. The molecule has 2 aliphatic heterocycles. The van der Waals surface area contributed by atoms with Crippen molar-refractivity contribution in [1.29, 1.82) is 0 Å². The van der Waals surface area contributed by atoms with Crippen molar-refractivity contribution in [3.63, 3.8) is 0 Å². The number of para-hydroxylation sites is 1. The van der Waals surface area contributed by atoms with Gasteiger partial charge < -0.3 is 4.98 Å². The van der Waals surface area contributed by atoms with Gasteiger partial charge in [0, 0.05) is 11.2 Å². The van der Waals surface area contributed by atoms with Crippen molar-refractivity contribution in [2.45, 2.75) is 49.7 Å². The molecule has 2 heteroatoms. The van der Waals surface area contributed by atoms with E-state index in [1.54, 1.807) is 0 Å². The van der Waals surface area contributed by atoms with E-state index in [1.807, 2.05) is 0 Å². The van der Waals surface area contributed by atoms with E-state index in [9.17, 15) is 0 Å². The number of fused-ring (bicyclic) bond motifs is 3. The van der Waals surface area contributed by atoms with Crippen LogP contribution >= 0.6 is 0 Å². The van der Waals surface area contributed by atoms with E-state index in [0.29, 0.717) is 5.31 Å². The first-order valence-corrected chi connectivity index (χ1v) is 7.44. The lowest BCUT2D eigenvalue weighted by atomic mass is 9.35. The standard InChI is InChI=1S/C16H20BN/c1-2-8-14-12(5-1)11-15(18-14)16-9-3-6-13(17-16)7-4-10-16/h1-2,5,8,11,13,17-18H,3-4,6-7,9-10H2. The molecule has 0 spiro atoms. The Kier molecular flexibility index (Phi) is 2.33. The molecular formula is C16H20BN. The molecular weight excluding hydrogens is 217 g/mol. The van der Waals surface area contributed by atoms with Crippen LogP contribution in [0.3, 0.4) is 0 Å². The van der Waals surface area contributed by atoms with Gasteiger partial charge >= 0.3 is 0 Å². The van der Waals surface area contributed by atoms with Gasteiger partial charge in [-0.15, -0.1) is 0 Å². The smallest absolute Gasteiger partial charge is 0.139 e. The molecule has 3 heterocycles. The van der Waals surface area contributed by atoms with Crippen molar-refractivity contribution in [3.8, 4) is 0 Å². The maximum absolute atomic E-state index is 3.71. The van der Waals surface area contributed by atoms with Crippen LogP contribution in [0.4, 0.5) is 0 Å². The number of aromatic amines is 1. The molecule has 4 rings (SSSR count). The fraction of sp³-hybridized carbons (Fsp3) is 0.500. The summed E-state index contributed by atoms with van der Waals surface area (Å²) in [5, 5.41) is 1.87. The van der Waals surface area contributed by atoms with Crippen molar-refractivity contribution in [1.82, 2.24) is 4.98 Å². The fourth-order valence-electron chi connectivity index (χ4n) is 4.43. The third kappa shape index (κ3) is 1.54. The molecule has 0 aliphatic carbocycles. The Morgan fingerprint density at radius 1 is 1.11 bits per heavy atom. The first-order valence-electron chi connectivity index (χ1n) is 7.44. The van der Waals surface area contributed by atoms with Crippen LogP contribution in [0, 0.1) is 0 Å². The van der Waals surface area contributed by atoms with Crippen LogP contribution in [0.25, 0.3) is 10.9 Å². The number of benzene rings is 1. The molecule has 2 bridgehead atoms. The zero-order valence-corrected chi connectivity index (χ0v) is 10.9. The minimum absolute atomic E-state index is 0.486. The Hall–Kier alpha value is -1.18. The van der Waals surface area contributed by atoms with Crippen molar-refractivity contribution < 1.29 is 0 Å². The SMILES string of the molecule is B1C2CCCC1(c1cc3ccccc3[nH]1)CCC2. The molecule has 0 unspecified atom stereocenters. The summed E-state index contributed by atoms with van der Waals surface area (Å²) in [6, 6.07) is 11.1.